The Morgan fingerprint density at radius 2 is 1.94 bits per heavy atom. The lowest BCUT2D eigenvalue weighted by molar-refractivity contribution is 0.104. The van der Waals surface area contributed by atoms with Crippen molar-refractivity contribution >= 4 is 33.5 Å². The molecule has 1 fully saturated rings. The van der Waals surface area contributed by atoms with E-state index in [2.05, 4.69) is 28.1 Å². The second kappa shape index (κ2) is 8.93. The van der Waals surface area contributed by atoms with Crippen LogP contribution < -0.4 is 0 Å². The number of aromatic nitrogens is 3. The van der Waals surface area contributed by atoms with E-state index in [9.17, 15) is 5.11 Å². The fraction of sp³-hybridized carbons (Fsp3) is 0.333. The Bertz CT molecular complexity index is 1390. The smallest absolute Gasteiger partial charge is 0.194 e. The molecule has 0 spiro atoms. The summed E-state index contributed by atoms with van der Waals surface area (Å²) in [5, 5.41) is 13.9. The molecule has 5 nitrogen and oxygen atoms in total. The molecule has 3 aromatic heterocycles. The normalized spacial score (nSPS) is 17.5. The zero-order valence-electron chi connectivity index (χ0n) is 19.2. The Hall–Kier alpha value is -2.51. The first-order valence-corrected chi connectivity index (χ1v) is 13.1. The number of aryl methyl sites for hydroxylation is 3. The summed E-state index contributed by atoms with van der Waals surface area (Å²) in [5.74, 6) is 0. The van der Waals surface area contributed by atoms with Gasteiger partial charge in [-0.15, -0.1) is 11.3 Å². The summed E-state index contributed by atoms with van der Waals surface area (Å²) in [7, 11) is 0. The quantitative estimate of drug-likeness (QED) is 0.413. The van der Waals surface area contributed by atoms with Gasteiger partial charge in [-0.1, -0.05) is 29.3 Å². The lowest BCUT2D eigenvalue weighted by Gasteiger charge is -2.31. The lowest BCUT2D eigenvalue weighted by Crippen LogP contribution is -2.35. The molecule has 0 saturated carbocycles. The van der Waals surface area contributed by atoms with Crippen LogP contribution in [0.5, 0.6) is 0 Å². The van der Waals surface area contributed by atoms with Gasteiger partial charge in [0.05, 0.1) is 17.1 Å². The van der Waals surface area contributed by atoms with Crippen molar-refractivity contribution < 1.29 is 5.11 Å². The Labute approximate surface area is 208 Å². The molecule has 174 valence electrons. The van der Waals surface area contributed by atoms with Crippen LogP contribution >= 0.6 is 22.9 Å². The first-order chi connectivity index (χ1) is 16.6. The summed E-state index contributed by atoms with van der Waals surface area (Å²) in [6.07, 6.45) is 7.25. The highest BCUT2D eigenvalue weighted by Crippen LogP contribution is 2.38. The Morgan fingerprint density at radius 3 is 2.79 bits per heavy atom. The van der Waals surface area contributed by atoms with E-state index in [0.717, 1.165) is 65.8 Å². The van der Waals surface area contributed by atoms with Gasteiger partial charge in [0.15, 0.2) is 4.96 Å². The zero-order chi connectivity index (χ0) is 23.2. The van der Waals surface area contributed by atoms with Crippen molar-refractivity contribution in [1.82, 2.24) is 19.3 Å². The number of aliphatic hydroxyl groups excluding tert-OH is 1. The molecule has 1 unspecified atom stereocenters. The zero-order valence-corrected chi connectivity index (χ0v) is 20.7. The number of piperidine rings is 1. The number of β-amino-alcohol motifs (C(OH)–C–C–N with tert-alkyl or cyclic N) is 1. The molecule has 1 N–H and O–H groups in total. The lowest BCUT2D eigenvalue weighted by atomic mass is 9.88. The van der Waals surface area contributed by atoms with Gasteiger partial charge in [0.1, 0.15) is 6.10 Å². The van der Waals surface area contributed by atoms with Crippen LogP contribution in [-0.2, 0) is 12.8 Å². The maximum Gasteiger partial charge on any atom is 0.194 e. The molecule has 4 aromatic rings. The molecule has 4 heterocycles. The minimum atomic E-state index is -0.554. The van der Waals surface area contributed by atoms with Crippen molar-refractivity contribution in [3.63, 3.8) is 0 Å². The van der Waals surface area contributed by atoms with Crippen LogP contribution in [0, 0.1) is 6.92 Å². The van der Waals surface area contributed by atoms with E-state index in [1.54, 1.807) is 11.3 Å². The van der Waals surface area contributed by atoms with Crippen molar-refractivity contribution in [3.8, 4) is 0 Å². The van der Waals surface area contributed by atoms with E-state index in [4.69, 9.17) is 16.6 Å². The van der Waals surface area contributed by atoms with Gasteiger partial charge in [0, 0.05) is 48.0 Å². The molecular weight excluding hydrogens is 464 g/mol. The molecule has 34 heavy (non-hydrogen) atoms. The van der Waals surface area contributed by atoms with Gasteiger partial charge in [-0.25, -0.2) is 4.98 Å². The number of thiazole rings is 1. The number of rotatable bonds is 3. The second-order valence-electron chi connectivity index (χ2n) is 9.25. The van der Waals surface area contributed by atoms with Crippen LogP contribution in [0.3, 0.4) is 0 Å². The monoisotopic (exact) mass is 490 g/mol. The Morgan fingerprint density at radius 1 is 1.12 bits per heavy atom. The van der Waals surface area contributed by atoms with Crippen LogP contribution in [-0.4, -0.2) is 44.0 Å². The molecule has 0 amide bonds. The van der Waals surface area contributed by atoms with Crippen LogP contribution in [0.25, 0.3) is 10.5 Å². The number of hydrogen-bond donors (Lipinski definition) is 1. The van der Waals surface area contributed by atoms with Gasteiger partial charge < -0.3 is 5.11 Å². The maximum atomic E-state index is 11.1. The summed E-state index contributed by atoms with van der Waals surface area (Å²) in [4.78, 5) is 12.8. The van der Waals surface area contributed by atoms with Crippen molar-refractivity contribution in [2.24, 2.45) is 0 Å². The van der Waals surface area contributed by atoms with E-state index in [-0.39, 0.29) is 0 Å². The number of benzene rings is 1. The average Bonchev–Trinajstić information content (AvgIpc) is 3.35. The second-order valence-corrected chi connectivity index (χ2v) is 10.6. The number of halogens is 1. The summed E-state index contributed by atoms with van der Waals surface area (Å²) < 4.78 is 2.03. The number of aliphatic hydroxyl groups is 1. The summed E-state index contributed by atoms with van der Waals surface area (Å²) in [5.41, 5.74) is 9.60. The average molecular weight is 491 g/mol. The number of pyridine rings is 1. The van der Waals surface area contributed by atoms with E-state index in [1.807, 2.05) is 41.2 Å². The number of imidazole rings is 1. The van der Waals surface area contributed by atoms with E-state index in [1.165, 1.54) is 27.8 Å². The fourth-order valence-electron chi connectivity index (χ4n) is 5.53. The summed E-state index contributed by atoms with van der Waals surface area (Å²) in [6, 6.07) is 10.5. The largest absolute Gasteiger partial charge is 0.385 e. The fourth-order valence-corrected chi connectivity index (χ4v) is 6.49. The van der Waals surface area contributed by atoms with Gasteiger partial charge in [-0.05, 0) is 67.5 Å². The molecule has 1 atom stereocenters. The first kappa shape index (κ1) is 22.0. The number of hydrogen-bond acceptors (Lipinski definition) is 5. The van der Waals surface area contributed by atoms with Gasteiger partial charge in [-0.3, -0.25) is 14.3 Å². The highest BCUT2D eigenvalue weighted by Gasteiger charge is 2.27. The van der Waals surface area contributed by atoms with E-state index >= 15 is 0 Å². The molecule has 0 radical (unpaired) electrons. The minimum absolute atomic E-state index is 0.554. The SMILES string of the molecule is Cc1nc2sccn2c1C(O)CN1CCC(=C2c3ccc(Cl)cc3CCc3cccnc32)CC1. The number of likely N-dealkylation sites (tertiary alicyclic amines) is 1. The van der Waals surface area contributed by atoms with Crippen molar-refractivity contribution in [1.29, 1.82) is 0 Å². The van der Waals surface area contributed by atoms with Crippen LogP contribution in [0.4, 0.5) is 0 Å². The molecule has 1 aliphatic heterocycles. The van der Waals surface area contributed by atoms with E-state index in [0.29, 0.717) is 6.54 Å². The third-order valence-corrected chi connectivity index (χ3v) is 8.16. The third-order valence-electron chi connectivity index (χ3n) is 7.17. The minimum Gasteiger partial charge on any atom is -0.385 e. The molecule has 7 heteroatoms. The molecular formula is C27H27ClN4OS. The predicted octanol–water partition coefficient (Wildman–Crippen LogP) is 5.48. The van der Waals surface area contributed by atoms with Gasteiger partial charge >= 0.3 is 0 Å². The summed E-state index contributed by atoms with van der Waals surface area (Å²) in [6.45, 7) is 4.45. The van der Waals surface area contributed by atoms with Crippen LogP contribution in [0.1, 0.15) is 52.7 Å². The van der Waals surface area contributed by atoms with Crippen LogP contribution in [0.2, 0.25) is 5.02 Å². The van der Waals surface area contributed by atoms with Gasteiger partial charge in [0.25, 0.3) is 0 Å². The molecule has 2 aliphatic rings. The molecule has 1 aromatic carbocycles. The van der Waals surface area contributed by atoms with Gasteiger partial charge in [0.2, 0.25) is 0 Å². The highest BCUT2D eigenvalue weighted by atomic mass is 35.5. The molecule has 6 rings (SSSR count). The van der Waals surface area contributed by atoms with Crippen molar-refractivity contribution in [2.45, 2.75) is 38.7 Å². The Kier molecular flexibility index (Phi) is 5.77. The molecule has 0 bridgehead atoms. The molecule has 1 saturated heterocycles. The molecule has 1 aliphatic carbocycles. The van der Waals surface area contributed by atoms with Gasteiger partial charge in [-0.2, -0.15) is 0 Å². The maximum absolute atomic E-state index is 11.1. The van der Waals surface area contributed by atoms with Crippen LogP contribution in [0.15, 0.2) is 53.7 Å². The third kappa shape index (κ3) is 3.89. The number of fused-ring (bicyclic) bond motifs is 3. The standard InChI is InChI=1S/C27H27ClN4OS/c1-17-26(32-13-14-34-27(32)30-17)23(33)16-31-11-8-18(9-12-31)24-22-7-6-21(28)15-20(22)5-4-19-3-2-10-29-25(19)24/h2-3,6-7,10,13-15,23,33H,4-5,8-9,11-12,16H2,1H3. The highest BCUT2D eigenvalue weighted by molar-refractivity contribution is 7.15. The van der Waals surface area contributed by atoms with Crippen molar-refractivity contribution in [2.75, 3.05) is 19.6 Å². The van der Waals surface area contributed by atoms with Crippen molar-refractivity contribution in [3.05, 3.63) is 92.5 Å². The summed E-state index contributed by atoms with van der Waals surface area (Å²) >= 11 is 7.96. The topological polar surface area (TPSA) is 53.7 Å². The van der Waals surface area contributed by atoms with E-state index < -0.39 is 6.10 Å². The predicted molar refractivity (Wildman–Crippen MR) is 138 cm³/mol. The Balaban J connectivity index is 1.28. The first-order valence-electron chi connectivity index (χ1n) is 11.9. The number of nitrogens with zero attached hydrogens (tertiary/aromatic N) is 4.